The molecule has 0 radical (unpaired) electrons. The number of thiocarbonyl (C=S) groups is 1. The lowest BCUT2D eigenvalue weighted by Crippen LogP contribution is -2.28. The van der Waals surface area contributed by atoms with Crippen LogP contribution in [-0.4, -0.2) is 17.5 Å². The highest BCUT2D eigenvalue weighted by molar-refractivity contribution is 7.80. The molecule has 0 atom stereocenters. The zero-order valence-corrected chi connectivity index (χ0v) is 15.8. The molecule has 0 fully saturated rings. The maximum absolute atomic E-state index is 5.91. The highest BCUT2D eigenvalue weighted by Crippen LogP contribution is 2.22. The molecule has 2 rings (SSSR count). The monoisotopic (exact) mass is 418 g/mol. The van der Waals surface area contributed by atoms with Crippen molar-refractivity contribution >= 4 is 76.2 Å². The van der Waals surface area contributed by atoms with E-state index in [1.54, 1.807) is 48.8 Å². The first-order valence-corrected chi connectivity index (χ1v) is 8.40. The molecule has 24 heavy (non-hydrogen) atoms. The van der Waals surface area contributed by atoms with Crippen LogP contribution >= 0.6 is 58.6 Å². The summed E-state index contributed by atoms with van der Waals surface area (Å²) in [5.74, 6) is 0. The van der Waals surface area contributed by atoms with E-state index in [0.717, 1.165) is 11.1 Å². The number of nitrogens with zero attached hydrogens (tertiary/aromatic N) is 2. The summed E-state index contributed by atoms with van der Waals surface area (Å²) in [4.78, 5) is 0. The molecular formula is C15H10Cl4N4S. The van der Waals surface area contributed by atoms with Gasteiger partial charge in [-0.25, -0.2) is 0 Å². The average molecular weight is 420 g/mol. The van der Waals surface area contributed by atoms with E-state index in [0.29, 0.717) is 20.1 Å². The zero-order valence-electron chi connectivity index (χ0n) is 11.9. The van der Waals surface area contributed by atoms with Crippen molar-refractivity contribution in [2.75, 3.05) is 0 Å². The average Bonchev–Trinajstić information content (AvgIpc) is 2.54. The fourth-order valence-corrected chi connectivity index (χ4v) is 2.26. The third-order valence-electron chi connectivity index (χ3n) is 2.65. The number of nitrogens with one attached hydrogen (secondary N) is 2. The standard InChI is InChI=1S/C15H10Cl4N4S/c16-11-3-1-9(5-13(11)18)7-20-22-15(24)23-21-8-10-2-4-12(17)14(19)6-10/h1-8H,(H2,22,23,24)/b20-7-,21-8-. The molecule has 0 aliphatic carbocycles. The molecule has 0 aliphatic rings. The van der Waals surface area contributed by atoms with Crippen LogP contribution < -0.4 is 10.9 Å². The topological polar surface area (TPSA) is 48.8 Å². The second-order valence-corrected chi connectivity index (χ2v) is 6.45. The molecule has 0 amide bonds. The van der Waals surface area contributed by atoms with E-state index in [-0.39, 0.29) is 5.11 Å². The zero-order chi connectivity index (χ0) is 17.5. The Morgan fingerprint density at radius 3 is 1.54 bits per heavy atom. The number of rotatable bonds is 4. The Bertz CT molecular complexity index is 743. The molecule has 2 N–H and O–H groups in total. The van der Waals surface area contributed by atoms with Crippen molar-refractivity contribution < 1.29 is 0 Å². The van der Waals surface area contributed by atoms with Crippen molar-refractivity contribution in [3.8, 4) is 0 Å². The van der Waals surface area contributed by atoms with Crippen LogP contribution in [0.2, 0.25) is 20.1 Å². The first kappa shape index (κ1) is 19.0. The number of benzene rings is 2. The van der Waals surface area contributed by atoms with Gasteiger partial charge in [0.15, 0.2) is 0 Å². The first-order valence-electron chi connectivity index (χ1n) is 6.48. The van der Waals surface area contributed by atoms with Crippen LogP contribution in [-0.2, 0) is 0 Å². The summed E-state index contributed by atoms with van der Waals surface area (Å²) in [5.41, 5.74) is 6.80. The van der Waals surface area contributed by atoms with Gasteiger partial charge in [-0.3, -0.25) is 10.9 Å². The van der Waals surface area contributed by atoms with E-state index in [2.05, 4.69) is 21.1 Å². The Hall–Kier alpha value is -1.37. The number of hydrogen-bond donors (Lipinski definition) is 2. The molecule has 0 heterocycles. The van der Waals surface area contributed by atoms with Crippen LogP contribution in [0.1, 0.15) is 11.1 Å². The van der Waals surface area contributed by atoms with Gasteiger partial charge in [0.25, 0.3) is 0 Å². The molecule has 4 nitrogen and oxygen atoms in total. The Morgan fingerprint density at radius 2 is 1.17 bits per heavy atom. The van der Waals surface area contributed by atoms with E-state index in [4.69, 9.17) is 58.6 Å². The lowest BCUT2D eigenvalue weighted by Gasteiger charge is -2.02. The molecule has 2 aromatic carbocycles. The van der Waals surface area contributed by atoms with Gasteiger partial charge < -0.3 is 0 Å². The Morgan fingerprint density at radius 1 is 0.750 bits per heavy atom. The maximum atomic E-state index is 5.91. The SMILES string of the molecule is S=C(N/N=C\c1ccc(Cl)c(Cl)c1)N/N=C\c1ccc(Cl)c(Cl)c1. The highest BCUT2D eigenvalue weighted by Gasteiger charge is 1.98. The Balaban J connectivity index is 1.84. The van der Waals surface area contributed by atoms with E-state index in [1.807, 2.05) is 0 Å². The second kappa shape index (κ2) is 9.20. The molecule has 9 heteroatoms. The van der Waals surface area contributed by atoms with Crippen molar-refractivity contribution in [3.63, 3.8) is 0 Å². The van der Waals surface area contributed by atoms with Crippen molar-refractivity contribution in [1.82, 2.24) is 10.9 Å². The predicted molar refractivity (Wildman–Crippen MR) is 107 cm³/mol. The lowest BCUT2D eigenvalue weighted by molar-refractivity contribution is 0.935. The summed E-state index contributed by atoms with van der Waals surface area (Å²) < 4.78 is 0. The van der Waals surface area contributed by atoms with Gasteiger partial charge in [-0.15, -0.1) is 0 Å². The predicted octanol–water partition coefficient (Wildman–Crippen LogP) is 5.13. The largest absolute Gasteiger partial charge is 0.252 e. The van der Waals surface area contributed by atoms with Crippen LogP contribution in [0.4, 0.5) is 0 Å². The number of hydrogen-bond acceptors (Lipinski definition) is 3. The molecule has 124 valence electrons. The normalized spacial score (nSPS) is 11.2. The maximum Gasteiger partial charge on any atom is 0.207 e. The van der Waals surface area contributed by atoms with E-state index in [9.17, 15) is 0 Å². The van der Waals surface area contributed by atoms with Gasteiger partial charge in [0, 0.05) is 0 Å². The summed E-state index contributed by atoms with van der Waals surface area (Å²) in [6, 6.07) is 10.3. The minimum absolute atomic E-state index is 0.225. The van der Waals surface area contributed by atoms with Crippen LogP contribution in [0.15, 0.2) is 46.6 Å². The summed E-state index contributed by atoms with van der Waals surface area (Å²) >= 11 is 28.5. The number of halogens is 4. The van der Waals surface area contributed by atoms with Crippen LogP contribution in [0.5, 0.6) is 0 Å². The Labute approximate surface area is 164 Å². The number of hydrazone groups is 2. The minimum Gasteiger partial charge on any atom is -0.252 e. The van der Waals surface area contributed by atoms with E-state index < -0.39 is 0 Å². The van der Waals surface area contributed by atoms with E-state index in [1.165, 1.54) is 0 Å². The fourth-order valence-electron chi connectivity index (χ4n) is 1.54. The van der Waals surface area contributed by atoms with E-state index >= 15 is 0 Å². The Kier molecular flexibility index (Phi) is 7.27. The molecule has 0 unspecified atom stereocenters. The highest BCUT2D eigenvalue weighted by atomic mass is 35.5. The summed E-state index contributed by atoms with van der Waals surface area (Å²) in [6.07, 6.45) is 3.11. The second-order valence-electron chi connectivity index (χ2n) is 4.42. The summed E-state index contributed by atoms with van der Waals surface area (Å²) in [6.45, 7) is 0. The molecule has 2 aromatic rings. The van der Waals surface area contributed by atoms with Crippen LogP contribution in [0.25, 0.3) is 0 Å². The van der Waals surface area contributed by atoms with Crippen LogP contribution in [0, 0.1) is 0 Å². The van der Waals surface area contributed by atoms with Gasteiger partial charge in [0.2, 0.25) is 5.11 Å². The molecule has 0 aliphatic heterocycles. The molecule has 0 saturated heterocycles. The molecular weight excluding hydrogens is 410 g/mol. The van der Waals surface area contributed by atoms with Crippen molar-refractivity contribution in [1.29, 1.82) is 0 Å². The van der Waals surface area contributed by atoms with Gasteiger partial charge in [0.1, 0.15) is 0 Å². The molecule has 0 saturated carbocycles. The van der Waals surface area contributed by atoms with Gasteiger partial charge in [0.05, 0.1) is 32.5 Å². The molecule has 0 spiro atoms. The minimum atomic E-state index is 0.225. The smallest absolute Gasteiger partial charge is 0.207 e. The quantitative estimate of drug-likeness (QED) is 0.410. The lowest BCUT2D eigenvalue weighted by atomic mass is 10.2. The van der Waals surface area contributed by atoms with Crippen molar-refractivity contribution in [3.05, 3.63) is 67.6 Å². The van der Waals surface area contributed by atoms with Gasteiger partial charge in [-0.05, 0) is 47.6 Å². The summed E-state index contributed by atoms with van der Waals surface area (Å²) in [5, 5.41) is 10.0. The molecule has 0 bridgehead atoms. The third-order valence-corrected chi connectivity index (χ3v) is 4.31. The van der Waals surface area contributed by atoms with Gasteiger partial charge in [-0.1, -0.05) is 58.5 Å². The van der Waals surface area contributed by atoms with Gasteiger partial charge >= 0.3 is 0 Å². The fraction of sp³-hybridized carbons (Fsp3) is 0. The van der Waals surface area contributed by atoms with Crippen molar-refractivity contribution in [2.45, 2.75) is 0 Å². The summed E-state index contributed by atoms with van der Waals surface area (Å²) in [7, 11) is 0. The first-order chi connectivity index (χ1) is 11.5. The van der Waals surface area contributed by atoms with Gasteiger partial charge in [-0.2, -0.15) is 10.2 Å². The van der Waals surface area contributed by atoms with Crippen LogP contribution in [0.3, 0.4) is 0 Å². The van der Waals surface area contributed by atoms with Crippen molar-refractivity contribution in [2.24, 2.45) is 10.2 Å². The third kappa shape index (κ3) is 5.92. The molecule has 0 aromatic heterocycles.